The predicted octanol–water partition coefficient (Wildman–Crippen LogP) is 4.55. The van der Waals surface area contributed by atoms with Gasteiger partial charge in [0.05, 0.1) is 16.8 Å². The van der Waals surface area contributed by atoms with E-state index in [9.17, 15) is 4.79 Å². The van der Waals surface area contributed by atoms with Gasteiger partial charge in [-0.3, -0.25) is 14.7 Å². The molecule has 4 nitrogen and oxygen atoms in total. The second kappa shape index (κ2) is 8.34. The molecule has 3 aromatic rings. The molecular weight excluding hydrogens is 358 g/mol. The van der Waals surface area contributed by atoms with Crippen LogP contribution in [0.4, 0.5) is 0 Å². The highest BCUT2D eigenvalue weighted by Crippen LogP contribution is 2.19. The summed E-state index contributed by atoms with van der Waals surface area (Å²) in [7, 11) is 0. The van der Waals surface area contributed by atoms with Gasteiger partial charge >= 0.3 is 0 Å². The van der Waals surface area contributed by atoms with Crippen LogP contribution in [0.2, 0.25) is 0 Å². The average molecular weight is 388 g/mol. The minimum atomic E-state index is -0.00499. The molecule has 2 aromatic carbocycles. The van der Waals surface area contributed by atoms with Crippen molar-refractivity contribution in [2.45, 2.75) is 46.2 Å². The number of likely N-dealkylation sites (tertiary alicyclic amines) is 1. The highest BCUT2D eigenvalue weighted by molar-refractivity contribution is 5.98. The molecule has 29 heavy (non-hydrogen) atoms. The molecule has 0 spiro atoms. The van der Waals surface area contributed by atoms with E-state index in [0.717, 1.165) is 49.1 Å². The molecule has 0 bridgehead atoms. The zero-order valence-corrected chi connectivity index (χ0v) is 17.5. The lowest BCUT2D eigenvalue weighted by Gasteiger charge is -2.32. The summed E-state index contributed by atoms with van der Waals surface area (Å²) in [5, 5.41) is 4.25. The van der Waals surface area contributed by atoms with E-state index in [4.69, 9.17) is 0 Å². The first-order valence-electron chi connectivity index (χ1n) is 10.4. The molecule has 2 heterocycles. The Labute approximate surface area is 173 Å². The number of amides is 1. The van der Waals surface area contributed by atoms with Crippen LogP contribution in [0.3, 0.4) is 0 Å². The number of carbonyl (C=O) groups excluding carboxylic acids is 1. The Hall–Kier alpha value is -2.72. The first kappa shape index (κ1) is 19.6. The zero-order chi connectivity index (χ0) is 20.4. The lowest BCUT2D eigenvalue weighted by atomic mass is 10.0. The number of aromatic nitrogens is 1. The summed E-state index contributed by atoms with van der Waals surface area (Å²) in [6.45, 7) is 9.11. The highest BCUT2D eigenvalue weighted by atomic mass is 16.1. The van der Waals surface area contributed by atoms with E-state index in [-0.39, 0.29) is 11.9 Å². The average Bonchev–Trinajstić information content (AvgIpc) is 2.69. The van der Waals surface area contributed by atoms with Crippen LogP contribution < -0.4 is 5.32 Å². The topological polar surface area (TPSA) is 45.2 Å². The molecule has 1 aliphatic heterocycles. The summed E-state index contributed by atoms with van der Waals surface area (Å²) in [6, 6.07) is 17.1. The standard InChI is InChI=1S/C25H29N3O/c1-17-5-4-6-20(13-17)16-28-11-9-22(10-12-28)27-25(29)23-15-21-8-7-18(2)14-24(21)26-19(23)3/h4-8,13-15,22H,9-12,16H2,1-3H3,(H,27,29). The molecule has 1 aliphatic rings. The third kappa shape index (κ3) is 4.65. The van der Waals surface area contributed by atoms with E-state index in [0.29, 0.717) is 5.56 Å². The fourth-order valence-electron chi connectivity index (χ4n) is 4.17. The van der Waals surface area contributed by atoms with Crippen molar-refractivity contribution in [3.63, 3.8) is 0 Å². The Morgan fingerprint density at radius 3 is 2.55 bits per heavy atom. The third-order valence-electron chi connectivity index (χ3n) is 5.82. The second-order valence-electron chi connectivity index (χ2n) is 8.33. The van der Waals surface area contributed by atoms with Gasteiger partial charge < -0.3 is 5.32 Å². The molecule has 0 unspecified atom stereocenters. The molecule has 0 aliphatic carbocycles. The van der Waals surface area contributed by atoms with Gasteiger partial charge in [0.1, 0.15) is 0 Å². The normalized spacial score (nSPS) is 15.6. The molecule has 4 rings (SSSR count). The minimum absolute atomic E-state index is 0.00499. The van der Waals surface area contributed by atoms with Crippen LogP contribution >= 0.6 is 0 Å². The fraction of sp³-hybridized carbons (Fsp3) is 0.360. The predicted molar refractivity (Wildman–Crippen MR) is 118 cm³/mol. The van der Waals surface area contributed by atoms with Crippen LogP contribution in [0.5, 0.6) is 0 Å². The maximum Gasteiger partial charge on any atom is 0.253 e. The SMILES string of the molecule is Cc1cccc(CN2CCC(NC(=O)c3cc4ccc(C)cc4nc3C)CC2)c1. The quantitative estimate of drug-likeness (QED) is 0.714. The second-order valence-corrected chi connectivity index (χ2v) is 8.33. The Morgan fingerprint density at radius 2 is 1.79 bits per heavy atom. The van der Waals surface area contributed by atoms with Crippen LogP contribution in [-0.4, -0.2) is 34.9 Å². The molecule has 1 amide bonds. The number of pyridine rings is 1. The molecule has 4 heteroatoms. The summed E-state index contributed by atoms with van der Waals surface area (Å²) in [5.74, 6) is -0.00499. The number of aryl methyl sites for hydroxylation is 3. The van der Waals surface area contributed by atoms with E-state index in [1.165, 1.54) is 16.7 Å². The smallest absolute Gasteiger partial charge is 0.253 e. The number of benzene rings is 2. The zero-order valence-electron chi connectivity index (χ0n) is 17.5. The third-order valence-corrected chi connectivity index (χ3v) is 5.82. The number of hydrogen-bond acceptors (Lipinski definition) is 3. The molecule has 1 aromatic heterocycles. The van der Waals surface area contributed by atoms with Gasteiger partial charge in [-0.05, 0) is 56.9 Å². The van der Waals surface area contributed by atoms with E-state index in [1.54, 1.807) is 0 Å². The van der Waals surface area contributed by atoms with E-state index >= 15 is 0 Å². The monoisotopic (exact) mass is 387 g/mol. The van der Waals surface area contributed by atoms with Gasteiger partial charge in [0.2, 0.25) is 0 Å². The molecule has 150 valence electrons. The minimum Gasteiger partial charge on any atom is -0.349 e. The Kier molecular flexibility index (Phi) is 5.63. The highest BCUT2D eigenvalue weighted by Gasteiger charge is 2.22. The molecule has 0 saturated carbocycles. The van der Waals surface area contributed by atoms with Crippen molar-refractivity contribution in [2.75, 3.05) is 13.1 Å². The van der Waals surface area contributed by atoms with Crippen LogP contribution in [-0.2, 0) is 6.54 Å². The Balaban J connectivity index is 1.37. The number of nitrogens with one attached hydrogen (secondary N) is 1. The summed E-state index contributed by atoms with van der Waals surface area (Å²) < 4.78 is 0. The van der Waals surface area contributed by atoms with Crippen molar-refractivity contribution in [2.24, 2.45) is 0 Å². The van der Waals surface area contributed by atoms with E-state index < -0.39 is 0 Å². The van der Waals surface area contributed by atoms with Crippen LogP contribution in [0.15, 0.2) is 48.5 Å². The summed E-state index contributed by atoms with van der Waals surface area (Å²) >= 11 is 0. The first-order valence-corrected chi connectivity index (χ1v) is 10.4. The van der Waals surface area contributed by atoms with Gasteiger partial charge in [0.25, 0.3) is 5.91 Å². The molecule has 0 atom stereocenters. The van der Waals surface area contributed by atoms with Crippen molar-refractivity contribution in [1.29, 1.82) is 0 Å². The largest absolute Gasteiger partial charge is 0.349 e. The maximum absolute atomic E-state index is 12.9. The summed E-state index contributed by atoms with van der Waals surface area (Å²) in [6.07, 6.45) is 1.97. The first-order chi connectivity index (χ1) is 14.0. The molecule has 0 radical (unpaired) electrons. The molecule has 1 saturated heterocycles. The summed E-state index contributed by atoms with van der Waals surface area (Å²) in [5.41, 5.74) is 6.27. The van der Waals surface area contributed by atoms with Gasteiger partial charge in [-0.25, -0.2) is 0 Å². The lowest BCUT2D eigenvalue weighted by Crippen LogP contribution is -2.44. The van der Waals surface area contributed by atoms with E-state index in [2.05, 4.69) is 65.4 Å². The fourth-order valence-corrected chi connectivity index (χ4v) is 4.17. The Morgan fingerprint density at radius 1 is 1.03 bits per heavy atom. The van der Waals surface area contributed by atoms with Crippen molar-refractivity contribution in [3.8, 4) is 0 Å². The van der Waals surface area contributed by atoms with Crippen molar-refractivity contribution in [1.82, 2.24) is 15.2 Å². The lowest BCUT2D eigenvalue weighted by molar-refractivity contribution is 0.0908. The van der Waals surface area contributed by atoms with Gasteiger partial charge in [0.15, 0.2) is 0 Å². The van der Waals surface area contributed by atoms with E-state index in [1.807, 2.05) is 19.1 Å². The van der Waals surface area contributed by atoms with Gasteiger partial charge in [-0.1, -0.05) is 42.0 Å². The van der Waals surface area contributed by atoms with Crippen molar-refractivity contribution >= 4 is 16.8 Å². The van der Waals surface area contributed by atoms with Gasteiger partial charge in [-0.2, -0.15) is 0 Å². The van der Waals surface area contributed by atoms with Crippen molar-refractivity contribution in [3.05, 3.63) is 76.5 Å². The Bertz CT molecular complexity index is 1040. The number of nitrogens with zero attached hydrogens (tertiary/aromatic N) is 2. The number of fused-ring (bicyclic) bond motifs is 1. The van der Waals surface area contributed by atoms with Crippen LogP contribution in [0, 0.1) is 20.8 Å². The number of rotatable bonds is 4. The number of hydrogen-bond donors (Lipinski definition) is 1. The van der Waals surface area contributed by atoms with Gasteiger partial charge in [0, 0.05) is 31.1 Å². The van der Waals surface area contributed by atoms with Crippen molar-refractivity contribution < 1.29 is 4.79 Å². The molecular formula is C25H29N3O. The molecule has 1 fully saturated rings. The number of carbonyl (C=O) groups is 1. The number of piperidine rings is 1. The van der Waals surface area contributed by atoms with Crippen LogP contribution in [0.1, 0.15) is 45.6 Å². The van der Waals surface area contributed by atoms with Gasteiger partial charge in [-0.15, -0.1) is 0 Å². The maximum atomic E-state index is 12.9. The summed E-state index contributed by atoms with van der Waals surface area (Å²) in [4.78, 5) is 20.0. The molecule has 1 N–H and O–H groups in total. The van der Waals surface area contributed by atoms with Crippen LogP contribution in [0.25, 0.3) is 10.9 Å².